The Bertz CT molecular complexity index is 749. The number of aromatic nitrogens is 1. The number of benzene rings is 1. The first-order chi connectivity index (χ1) is 13.7. The van der Waals surface area contributed by atoms with Gasteiger partial charge in [0.25, 0.3) is 0 Å². The third kappa shape index (κ3) is 6.84. The number of anilines is 1. The summed E-state index contributed by atoms with van der Waals surface area (Å²) < 4.78 is 18.7. The van der Waals surface area contributed by atoms with E-state index in [4.69, 9.17) is 4.52 Å². The van der Waals surface area contributed by atoms with Gasteiger partial charge in [-0.3, -0.25) is 9.89 Å². The van der Waals surface area contributed by atoms with Crippen LogP contribution in [0, 0.1) is 5.82 Å². The Morgan fingerprint density at radius 3 is 2.66 bits per heavy atom. The molecule has 29 heavy (non-hydrogen) atoms. The summed E-state index contributed by atoms with van der Waals surface area (Å²) in [6.45, 7) is 6.16. The largest absolute Gasteiger partial charge is 0.372 e. The molecule has 9 heteroatoms. The molecule has 160 valence electrons. The van der Waals surface area contributed by atoms with Gasteiger partial charge in [-0.1, -0.05) is 17.3 Å². The van der Waals surface area contributed by atoms with Crippen LogP contribution in [0.2, 0.25) is 0 Å². The van der Waals surface area contributed by atoms with Gasteiger partial charge < -0.3 is 19.6 Å². The molecule has 0 saturated carbocycles. The molecule has 1 fully saturated rings. The van der Waals surface area contributed by atoms with E-state index in [1.54, 1.807) is 18.4 Å². The maximum absolute atomic E-state index is 13.8. The van der Waals surface area contributed by atoms with Crippen molar-refractivity contribution in [1.29, 1.82) is 0 Å². The van der Waals surface area contributed by atoms with E-state index < -0.39 is 0 Å². The highest BCUT2D eigenvalue weighted by molar-refractivity contribution is 14.0. The minimum atomic E-state index is -0.183. The van der Waals surface area contributed by atoms with E-state index in [1.165, 1.54) is 6.07 Å². The van der Waals surface area contributed by atoms with Crippen molar-refractivity contribution in [3.8, 4) is 0 Å². The van der Waals surface area contributed by atoms with Crippen molar-refractivity contribution < 1.29 is 8.91 Å². The fourth-order valence-corrected chi connectivity index (χ4v) is 3.40. The minimum absolute atomic E-state index is 0. The first-order valence-electron chi connectivity index (χ1n) is 9.70. The topological polar surface area (TPSA) is 60.1 Å². The number of halogens is 2. The van der Waals surface area contributed by atoms with Crippen LogP contribution in [0.5, 0.6) is 0 Å². The molecule has 2 heterocycles. The summed E-state index contributed by atoms with van der Waals surface area (Å²) in [4.78, 5) is 11.0. The number of hydrogen-bond donors (Lipinski definition) is 1. The zero-order valence-electron chi connectivity index (χ0n) is 17.1. The molecule has 0 atom stereocenters. The molecule has 0 spiro atoms. The molecule has 0 aliphatic carbocycles. The molecule has 1 aliphatic heterocycles. The minimum Gasteiger partial charge on any atom is -0.372 e. The van der Waals surface area contributed by atoms with Crippen LogP contribution in [-0.2, 0) is 6.54 Å². The SMILES string of the molecule is CN=C(NCCCN(C)c1ccccc1F)N1CCN(Cc2ccon2)CC1.I. The van der Waals surface area contributed by atoms with Crippen LogP contribution in [0.1, 0.15) is 12.1 Å². The van der Waals surface area contributed by atoms with Gasteiger partial charge in [-0.25, -0.2) is 4.39 Å². The number of aliphatic imine (C=N–C) groups is 1. The van der Waals surface area contributed by atoms with Gasteiger partial charge in [0.1, 0.15) is 12.1 Å². The Morgan fingerprint density at radius 1 is 1.24 bits per heavy atom. The number of piperazine rings is 1. The van der Waals surface area contributed by atoms with Crippen LogP contribution in [-0.4, -0.2) is 74.3 Å². The second-order valence-electron chi connectivity index (χ2n) is 6.95. The van der Waals surface area contributed by atoms with Crippen molar-refractivity contribution in [3.05, 3.63) is 48.1 Å². The second kappa shape index (κ2) is 12.0. The van der Waals surface area contributed by atoms with E-state index in [2.05, 4.69) is 25.3 Å². The maximum Gasteiger partial charge on any atom is 0.193 e. The standard InChI is InChI=1S/C20H29FN6O.HI/c1-22-20(23-9-5-10-25(2)19-7-4-3-6-18(19)21)27-13-11-26(12-14-27)16-17-8-15-28-24-17;/h3-4,6-8,15H,5,9-14,16H2,1-2H3,(H,22,23);1H. The number of guanidine groups is 1. The lowest BCUT2D eigenvalue weighted by atomic mass is 10.2. The number of para-hydroxylation sites is 1. The molecule has 0 amide bonds. The van der Waals surface area contributed by atoms with Crippen molar-refractivity contribution in [2.75, 3.05) is 58.3 Å². The van der Waals surface area contributed by atoms with Crippen LogP contribution in [0.15, 0.2) is 46.1 Å². The van der Waals surface area contributed by atoms with Crippen molar-refractivity contribution in [2.45, 2.75) is 13.0 Å². The monoisotopic (exact) mass is 516 g/mol. The van der Waals surface area contributed by atoms with Crippen LogP contribution < -0.4 is 10.2 Å². The zero-order chi connectivity index (χ0) is 19.8. The molecular formula is C20H30FIN6O. The van der Waals surface area contributed by atoms with Gasteiger partial charge >= 0.3 is 0 Å². The Hall–Kier alpha value is -1.88. The van der Waals surface area contributed by atoms with Crippen molar-refractivity contribution >= 4 is 35.6 Å². The Kier molecular flexibility index (Phi) is 9.65. The number of hydrogen-bond acceptors (Lipinski definition) is 5. The van der Waals surface area contributed by atoms with Crippen molar-refractivity contribution in [1.82, 2.24) is 20.3 Å². The van der Waals surface area contributed by atoms with E-state index in [1.807, 2.05) is 31.1 Å². The predicted molar refractivity (Wildman–Crippen MR) is 124 cm³/mol. The summed E-state index contributed by atoms with van der Waals surface area (Å²) >= 11 is 0. The first kappa shape index (κ1) is 23.4. The summed E-state index contributed by atoms with van der Waals surface area (Å²) in [6, 6.07) is 8.78. The zero-order valence-corrected chi connectivity index (χ0v) is 19.4. The van der Waals surface area contributed by atoms with Crippen LogP contribution in [0.25, 0.3) is 0 Å². The van der Waals surface area contributed by atoms with Gasteiger partial charge in [-0.05, 0) is 18.6 Å². The van der Waals surface area contributed by atoms with E-state index in [0.29, 0.717) is 5.69 Å². The van der Waals surface area contributed by atoms with Gasteiger partial charge in [-0.2, -0.15) is 0 Å². The normalized spacial score (nSPS) is 15.1. The molecule has 1 aliphatic rings. The molecule has 2 aromatic rings. The highest BCUT2D eigenvalue weighted by Crippen LogP contribution is 2.16. The molecule has 1 N–H and O–H groups in total. The van der Waals surface area contributed by atoms with Gasteiger partial charge in [0, 0.05) is 66.0 Å². The molecular weight excluding hydrogens is 486 g/mol. The third-order valence-electron chi connectivity index (χ3n) is 4.98. The summed E-state index contributed by atoms with van der Waals surface area (Å²) in [6.07, 6.45) is 2.51. The highest BCUT2D eigenvalue weighted by atomic mass is 127. The van der Waals surface area contributed by atoms with E-state index in [0.717, 1.165) is 63.9 Å². The van der Waals surface area contributed by atoms with Gasteiger partial charge in [0.05, 0.1) is 11.4 Å². The van der Waals surface area contributed by atoms with Crippen molar-refractivity contribution in [2.24, 2.45) is 4.99 Å². The Balaban J connectivity index is 0.00000300. The molecule has 3 rings (SSSR count). The highest BCUT2D eigenvalue weighted by Gasteiger charge is 2.20. The quantitative estimate of drug-likeness (QED) is 0.265. The Morgan fingerprint density at radius 2 is 2.00 bits per heavy atom. The van der Waals surface area contributed by atoms with Gasteiger partial charge in [-0.15, -0.1) is 24.0 Å². The van der Waals surface area contributed by atoms with Crippen LogP contribution >= 0.6 is 24.0 Å². The van der Waals surface area contributed by atoms with Gasteiger partial charge in [0.15, 0.2) is 5.96 Å². The van der Waals surface area contributed by atoms with Crippen LogP contribution in [0.4, 0.5) is 10.1 Å². The average Bonchev–Trinajstić information content (AvgIpc) is 3.22. The molecule has 1 aromatic heterocycles. The van der Waals surface area contributed by atoms with E-state index in [-0.39, 0.29) is 29.8 Å². The number of nitrogens with zero attached hydrogens (tertiary/aromatic N) is 5. The predicted octanol–water partition coefficient (Wildman–Crippen LogP) is 2.65. The maximum atomic E-state index is 13.8. The lowest BCUT2D eigenvalue weighted by Crippen LogP contribution is -2.52. The number of nitrogens with one attached hydrogen (secondary N) is 1. The fourth-order valence-electron chi connectivity index (χ4n) is 3.40. The Labute approximate surface area is 188 Å². The molecule has 1 saturated heterocycles. The lowest BCUT2D eigenvalue weighted by Gasteiger charge is -2.36. The molecule has 0 bridgehead atoms. The summed E-state index contributed by atoms with van der Waals surface area (Å²) in [7, 11) is 3.73. The number of rotatable bonds is 7. The van der Waals surface area contributed by atoms with E-state index in [9.17, 15) is 4.39 Å². The van der Waals surface area contributed by atoms with Gasteiger partial charge in [0.2, 0.25) is 0 Å². The first-order valence-corrected chi connectivity index (χ1v) is 9.70. The third-order valence-corrected chi connectivity index (χ3v) is 4.98. The second-order valence-corrected chi connectivity index (χ2v) is 6.95. The fraction of sp³-hybridized carbons (Fsp3) is 0.500. The average molecular weight is 516 g/mol. The summed E-state index contributed by atoms with van der Waals surface area (Å²) in [5.74, 6) is 0.742. The molecule has 0 radical (unpaired) electrons. The van der Waals surface area contributed by atoms with Crippen molar-refractivity contribution in [3.63, 3.8) is 0 Å². The van der Waals surface area contributed by atoms with E-state index >= 15 is 0 Å². The molecule has 7 nitrogen and oxygen atoms in total. The summed E-state index contributed by atoms with van der Waals surface area (Å²) in [5, 5.41) is 7.41. The molecule has 0 unspecified atom stereocenters. The smallest absolute Gasteiger partial charge is 0.193 e. The molecule has 1 aromatic carbocycles. The van der Waals surface area contributed by atoms with Crippen LogP contribution in [0.3, 0.4) is 0 Å². The summed E-state index contributed by atoms with van der Waals surface area (Å²) in [5.41, 5.74) is 1.60. The lowest BCUT2D eigenvalue weighted by molar-refractivity contribution is 0.169.